The minimum absolute atomic E-state index is 0.0402. The average molecular weight is 290 g/mol. The molecule has 0 saturated heterocycles. The second-order valence-electron chi connectivity index (χ2n) is 5.14. The van der Waals surface area contributed by atoms with Crippen molar-refractivity contribution in [1.82, 2.24) is 0 Å². The van der Waals surface area contributed by atoms with Gasteiger partial charge in [-0.2, -0.15) is 13.2 Å². The van der Waals surface area contributed by atoms with Gasteiger partial charge in [0.25, 0.3) is 0 Å². The molecule has 1 aliphatic rings. The quantitative estimate of drug-likeness (QED) is 0.831. The number of carboxylic acid groups (broad SMARTS) is 1. The summed E-state index contributed by atoms with van der Waals surface area (Å²) in [6.45, 7) is 0. The number of hydrogen-bond donors (Lipinski definition) is 1. The fraction of sp³-hybridized carbons (Fsp3) is 0.500. The lowest BCUT2D eigenvalue weighted by atomic mass is 9.69. The molecule has 0 unspecified atom stereocenters. The zero-order valence-corrected chi connectivity index (χ0v) is 10.6. The Labute approximate surface area is 113 Å². The Bertz CT molecular complexity index is 516. The SMILES string of the molecule is O=C(O)C1(c2ccc(F)c(C(F)(F)F)c2)CCCCC1. The number of carboxylic acids is 1. The molecule has 110 valence electrons. The van der Waals surface area contributed by atoms with Gasteiger partial charge >= 0.3 is 12.1 Å². The molecule has 0 aromatic heterocycles. The molecule has 1 N–H and O–H groups in total. The highest BCUT2D eigenvalue weighted by atomic mass is 19.4. The molecule has 1 aromatic rings. The van der Waals surface area contributed by atoms with Gasteiger partial charge in [0.05, 0.1) is 11.0 Å². The molecule has 0 atom stereocenters. The summed E-state index contributed by atoms with van der Waals surface area (Å²) in [5.41, 5.74) is -2.69. The van der Waals surface area contributed by atoms with Gasteiger partial charge in [0.1, 0.15) is 5.82 Å². The first-order chi connectivity index (χ1) is 9.27. The van der Waals surface area contributed by atoms with Gasteiger partial charge < -0.3 is 5.11 Å². The van der Waals surface area contributed by atoms with E-state index in [-0.39, 0.29) is 18.4 Å². The Kier molecular flexibility index (Phi) is 3.75. The van der Waals surface area contributed by atoms with Gasteiger partial charge in [-0.15, -0.1) is 0 Å². The third-order valence-corrected chi connectivity index (χ3v) is 3.94. The molecule has 1 aliphatic carbocycles. The fourth-order valence-electron chi connectivity index (χ4n) is 2.82. The van der Waals surface area contributed by atoms with E-state index >= 15 is 0 Å². The van der Waals surface area contributed by atoms with Crippen LogP contribution in [0, 0.1) is 5.82 Å². The summed E-state index contributed by atoms with van der Waals surface area (Å²) in [5, 5.41) is 9.43. The molecule has 2 rings (SSSR count). The average Bonchev–Trinajstić information content (AvgIpc) is 2.38. The maximum atomic E-state index is 13.3. The summed E-state index contributed by atoms with van der Waals surface area (Å²) < 4.78 is 51.5. The van der Waals surface area contributed by atoms with Crippen molar-refractivity contribution in [1.29, 1.82) is 0 Å². The number of carbonyl (C=O) groups is 1. The molecule has 0 radical (unpaired) electrons. The van der Waals surface area contributed by atoms with E-state index in [4.69, 9.17) is 0 Å². The van der Waals surface area contributed by atoms with Gasteiger partial charge in [-0.05, 0) is 30.5 Å². The van der Waals surface area contributed by atoms with E-state index in [0.717, 1.165) is 12.5 Å². The first-order valence-electron chi connectivity index (χ1n) is 6.38. The molecular weight excluding hydrogens is 276 g/mol. The van der Waals surface area contributed by atoms with E-state index in [2.05, 4.69) is 0 Å². The Hall–Kier alpha value is -1.59. The molecule has 20 heavy (non-hydrogen) atoms. The van der Waals surface area contributed by atoms with Crippen molar-refractivity contribution < 1.29 is 27.5 Å². The van der Waals surface area contributed by atoms with Gasteiger partial charge in [0.15, 0.2) is 0 Å². The third kappa shape index (κ3) is 2.51. The molecule has 1 fully saturated rings. The molecule has 6 heteroatoms. The second-order valence-corrected chi connectivity index (χ2v) is 5.14. The summed E-state index contributed by atoms with van der Waals surface area (Å²) >= 11 is 0. The smallest absolute Gasteiger partial charge is 0.419 e. The zero-order valence-electron chi connectivity index (χ0n) is 10.6. The molecule has 0 spiro atoms. The van der Waals surface area contributed by atoms with Crippen molar-refractivity contribution in [2.75, 3.05) is 0 Å². The van der Waals surface area contributed by atoms with Gasteiger partial charge in [-0.1, -0.05) is 25.3 Å². The molecular formula is C14H14F4O2. The lowest BCUT2D eigenvalue weighted by Crippen LogP contribution is -2.38. The van der Waals surface area contributed by atoms with Crippen molar-refractivity contribution in [3.05, 3.63) is 35.1 Å². The predicted octanol–water partition coefficient (Wildman–Crippen LogP) is 4.13. The standard InChI is InChI=1S/C14H14F4O2/c15-11-5-4-9(8-10(11)14(16,17)18)13(12(19)20)6-2-1-3-7-13/h4-5,8H,1-3,6-7H2,(H,19,20). The third-order valence-electron chi connectivity index (χ3n) is 3.94. The number of hydrogen-bond acceptors (Lipinski definition) is 1. The Balaban J connectivity index is 2.53. The van der Waals surface area contributed by atoms with Crippen LogP contribution in [-0.2, 0) is 16.4 Å². The van der Waals surface area contributed by atoms with Crippen molar-refractivity contribution in [3.63, 3.8) is 0 Å². The Morgan fingerprint density at radius 2 is 1.75 bits per heavy atom. The monoisotopic (exact) mass is 290 g/mol. The lowest BCUT2D eigenvalue weighted by Gasteiger charge is -2.34. The van der Waals surface area contributed by atoms with Crippen molar-refractivity contribution in [2.45, 2.75) is 43.7 Å². The summed E-state index contributed by atoms with van der Waals surface area (Å²) in [6.07, 6.45) is -2.11. The minimum Gasteiger partial charge on any atom is -0.481 e. The normalized spacial score (nSPS) is 18.8. The number of benzene rings is 1. The van der Waals surface area contributed by atoms with Gasteiger partial charge in [-0.3, -0.25) is 4.79 Å². The maximum absolute atomic E-state index is 13.3. The van der Waals surface area contributed by atoms with Crippen LogP contribution in [0.5, 0.6) is 0 Å². The van der Waals surface area contributed by atoms with Gasteiger partial charge in [-0.25, -0.2) is 4.39 Å². The van der Waals surface area contributed by atoms with E-state index in [1.54, 1.807) is 0 Å². The van der Waals surface area contributed by atoms with Crippen LogP contribution in [0.3, 0.4) is 0 Å². The van der Waals surface area contributed by atoms with Crippen LogP contribution in [0.25, 0.3) is 0 Å². The van der Waals surface area contributed by atoms with E-state index in [9.17, 15) is 27.5 Å². The van der Waals surface area contributed by atoms with Crippen LogP contribution >= 0.6 is 0 Å². The molecule has 0 amide bonds. The van der Waals surface area contributed by atoms with Crippen molar-refractivity contribution in [3.8, 4) is 0 Å². The van der Waals surface area contributed by atoms with Crippen molar-refractivity contribution in [2.24, 2.45) is 0 Å². The molecule has 0 bridgehead atoms. The summed E-state index contributed by atoms with van der Waals surface area (Å²) in [5.74, 6) is -2.52. The second kappa shape index (κ2) is 5.07. The molecule has 1 saturated carbocycles. The van der Waals surface area contributed by atoms with Crippen LogP contribution in [-0.4, -0.2) is 11.1 Å². The number of alkyl halides is 3. The molecule has 0 heterocycles. The summed E-state index contributed by atoms with van der Waals surface area (Å²) in [4.78, 5) is 11.5. The predicted molar refractivity (Wildman–Crippen MR) is 63.8 cm³/mol. The highest BCUT2D eigenvalue weighted by Gasteiger charge is 2.43. The molecule has 1 aromatic carbocycles. The Morgan fingerprint density at radius 3 is 2.25 bits per heavy atom. The van der Waals surface area contributed by atoms with Crippen LogP contribution in [0.15, 0.2) is 18.2 Å². The topological polar surface area (TPSA) is 37.3 Å². The van der Waals surface area contributed by atoms with Gasteiger partial charge in [0, 0.05) is 0 Å². The fourth-order valence-corrected chi connectivity index (χ4v) is 2.82. The maximum Gasteiger partial charge on any atom is 0.419 e. The van der Waals surface area contributed by atoms with E-state index in [1.807, 2.05) is 0 Å². The van der Waals surface area contributed by atoms with Crippen LogP contribution < -0.4 is 0 Å². The van der Waals surface area contributed by atoms with Crippen LogP contribution in [0.4, 0.5) is 17.6 Å². The highest BCUT2D eigenvalue weighted by Crippen LogP contribution is 2.42. The molecule has 2 nitrogen and oxygen atoms in total. The van der Waals surface area contributed by atoms with E-state index < -0.39 is 28.9 Å². The largest absolute Gasteiger partial charge is 0.481 e. The number of aliphatic carboxylic acids is 1. The van der Waals surface area contributed by atoms with E-state index in [1.165, 1.54) is 0 Å². The number of halogens is 4. The summed E-state index contributed by atoms with van der Waals surface area (Å²) in [6, 6.07) is 2.51. The number of rotatable bonds is 2. The molecule has 0 aliphatic heterocycles. The zero-order chi connectivity index (χ0) is 15.0. The van der Waals surface area contributed by atoms with Crippen molar-refractivity contribution >= 4 is 5.97 Å². The summed E-state index contributed by atoms with van der Waals surface area (Å²) in [7, 11) is 0. The van der Waals surface area contributed by atoms with Crippen LogP contribution in [0.2, 0.25) is 0 Å². The van der Waals surface area contributed by atoms with Gasteiger partial charge in [0.2, 0.25) is 0 Å². The van der Waals surface area contributed by atoms with E-state index in [0.29, 0.717) is 25.0 Å². The van der Waals surface area contributed by atoms with Crippen LogP contribution in [0.1, 0.15) is 43.2 Å². The first-order valence-corrected chi connectivity index (χ1v) is 6.38. The Morgan fingerprint density at radius 1 is 1.15 bits per heavy atom. The highest BCUT2D eigenvalue weighted by molar-refractivity contribution is 5.81. The lowest BCUT2D eigenvalue weighted by molar-refractivity contribution is -0.146. The minimum atomic E-state index is -4.82. The first kappa shape index (κ1) is 14.8.